The van der Waals surface area contributed by atoms with Crippen molar-refractivity contribution >= 4 is 11.6 Å². The van der Waals surface area contributed by atoms with Crippen molar-refractivity contribution in [3.63, 3.8) is 0 Å². The van der Waals surface area contributed by atoms with E-state index in [0.29, 0.717) is 24.6 Å². The lowest BCUT2D eigenvalue weighted by molar-refractivity contribution is 0.0666. The van der Waals surface area contributed by atoms with Gasteiger partial charge in [0.05, 0.1) is 12.7 Å². The third kappa shape index (κ3) is 4.43. The third-order valence-electron chi connectivity index (χ3n) is 5.85. The minimum atomic E-state index is -0.345. The number of benzene rings is 3. The van der Waals surface area contributed by atoms with Crippen LogP contribution >= 0.6 is 0 Å². The minimum Gasteiger partial charge on any atom is -0.496 e. The Kier molecular flexibility index (Phi) is 6.12. The van der Waals surface area contributed by atoms with Crippen LogP contribution in [-0.2, 0) is 13.2 Å². The normalized spacial score (nSPS) is 14.8. The number of carbonyl (C=O) groups is 1. The van der Waals surface area contributed by atoms with Crippen molar-refractivity contribution in [1.29, 1.82) is 0 Å². The second-order valence-electron chi connectivity index (χ2n) is 8.04. The standard InChI is InChI=1S/C28H25N3O3/c1-33-25-15-14-21(17-22(25)19-34-26-13-7-8-16-29-26)27-30-24-12-6-5-11-23(24)28(32)31(27)18-20-9-3-2-4-10-20/h2-17,27,30H,18-19H2,1H3/t27-/m0/s1. The highest BCUT2D eigenvalue weighted by molar-refractivity contribution is 6.01. The fourth-order valence-electron chi connectivity index (χ4n) is 4.16. The van der Waals surface area contributed by atoms with Gasteiger partial charge in [0.25, 0.3) is 5.91 Å². The lowest BCUT2D eigenvalue weighted by Crippen LogP contribution is -2.42. The molecule has 6 heteroatoms. The van der Waals surface area contributed by atoms with Gasteiger partial charge in [-0.15, -0.1) is 0 Å². The number of methoxy groups -OCH3 is 1. The highest BCUT2D eigenvalue weighted by atomic mass is 16.5. The molecule has 0 fully saturated rings. The van der Waals surface area contributed by atoms with Crippen LogP contribution in [0.15, 0.2) is 97.2 Å². The zero-order chi connectivity index (χ0) is 23.3. The van der Waals surface area contributed by atoms with E-state index in [1.165, 1.54) is 0 Å². The first-order chi connectivity index (χ1) is 16.7. The van der Waals surface area contributed by atoms with Crippen LogP contribution in [0, 0.1) is 0 Å². The second-order valence-corrected chi connectivity index (χ2v) is 8.04. The molecule has 6 nitrogen and oxygen atoms in total. The van der Waals surface area contributed by atoms with E-state index < -0.39 is 0 Å². The zero-order valence-corrected chi connectivity index (χ0v) is 18.8. The van der Waals surface area contributed by atoms with Crippen LogP contribution in [0.1, 0.15) is 33.2 Å². The van der Waals surface area contributed by atoms with E-state index in [0.717, 1.165) is 28.1 Å². The van der Waals surface area contributed by atoms with Crippen LogP contribution in [0.4, 0.5) is 5.69 Å². The summed E-state index contributed by atoms with van der Waals surface area (Å²) in [4.78, 5) is 19.6. The number of rotatable bonds is 7. The molecule has 0 spiro atoms. The molecule has 0 radical (unpaired) electrons. The van der Waals surface area contributed by atoms with Crippen molar-refractivity contribution in [1.82, 2.24) is 9.88 Å². The number of nitrogens with one attached hydrogen (secondary N) is 1. The summed E-state index contributed by atoms with van der Waals surface area (Å²) in [7, 11) is 1.64. The summed E-state index contributed by atoms with van der Waals surface area (Å²) in [6.45, 7) is 0.779. The van der Waals surface area contributed by atoms with Gasteiger partial charge < -0.3 is 19.7 Å². The molecule has 0 saturated heterocycles. The van der Waals surface area contributed by atoms with Gasteiger partial charge in [-0.05, 0) is 41.5 Å². The van der Waals surface area contributed by atoms with E-state index in [1.54, 1.807) is 13.3 Å². The van der Waals surface area contributed by atoms with Crippen molar-refractivity contribution in [3.8, 4) is 11.6 Å². The van der Waals surface area contributed by atoms with Gasteiger partial charge in [-0.1, -0.05) is 54.6 Å². The number of hydrogen-bond acceptors (Lipinski definition) is 5. The van der Waals surface area contributed by atoms with Crippen molar-refractivity contribution in [2.24, 2.45) is 0 Å². The Morgan fingerprint density at radius 2 is 1.74 bits per heavy atom. The minimum absolute atomic E-state index is 0.00898. The number of nitrogens with zero attached hydrogens (tertiary/aromatic N) is 2. The lowest BCUT2D eigenvalue weighted by Gasteiger charge is -2.38. The quantitative estimate of drug-likeness (QED) is 0.406. The van der Waals surface area contributed by atoms with Crippen LogP contribution in [0.5, 0.6) is 11.6 Å². The fraction of sp³-hybridized carbons (Fsp3) is 0.143. The van der Waals surface area contributed by atoms with Gasteiger partial charge in [0.15, 0.2) is 0 Å². The Morgan fingerprint density at radius 1 is 0.941 bits per heavy atom. The monoisotopic (exact) mass is 451 g/mol. The molecule has 1 aromatic heterocycles. The molecule has 1 aliphatic heterocycles. The van der Waals surface area contributed by atoms with Gasteiger partial charge in [-0.25, -0.2) is 4.98 Å². The molecule has 1 amide bonds. The van der Waals surface area contributed by atoms with Crippen LogP contribution < -0.4 is 14.8 Å². The Bertz CT molecular complexity index is 1280. The maximum Gasteiger partial charge on any atom is 0.258 e. The van der Waals surface area contributed by atoms with E-state index in [2.05, 4.69) is 10.3 Å². The van der Waals surface area contributed by atoms with Gasteiger partial charge >= 0.3 is 0 Å². The lowest BCUT2D eigenvalue weighted by atomic mass is 10.0. The predicted octanol–water partition coefficient (Wildman–Crippen LogP) is 5.44. The molecule has 4 aromatic rings. The Hall–Kier alpha value is -4.32. The average molecular weight is 452 g/mol. The molecule has 2 heterocycles. The number of amides is 1. The molecule has 34 heavy (non-hydrogen) atoms. The average Bonchev–Trinajstić information content (AvgIpc) is 2.90. The molecule has 1 aliphatic rings. The van der Waals surface area contributed by atoms with Crippen LogP contribution in [0.25, 0.3) is 0 Å². The molecule has 0 unspecified atom stereocenters. The number of carbonyl (C=O) groups excluding carboxylic acids is 1. The van der Waals surface area contributed by atoms with Crippen LogP contribution in [0.3, 0.4) is 0 Å². The summed E-state index contributed by atoms with van der Waals surface area (Å²) < 4.78 is 11.5. The van der Waals surface area contributed by atoms with Gasteiger partial charge in [-0.2, -0.15) is 0 Å². The number of para-hydroxylation sites is 1. The molecule has 3 aromatic carbocycles. The maximum atomic E-state index is 13.6. The summed E-state index contributed by atoms with van der Waals surface area (Å²) in [6, 6.07) is 29.1. The summed E-state index contributed by atoms with van der Waals surface area (Å²) in [5, 5.41) is 3.56. The van der Waals surface area contributed by atoms with Gasteiger partial charge in [0.1, 0.15) is 18.5 Å². The summed E-state index contributed by atoms with van der Waals surface area (Å²) in [5.41, 5.74) is 4.37. The van der Waals surface area contributed by atoms with Crippen molar-refractivity contribution in [3.05, 3.63) is 119 Å². The summed E-state index contributed by atoms with van der Waals surface area (Å²) in [6.07, 6.45) is 1.35. The van der Waals surface area contributed by atoms with Crippen molar-refractivity contribution < 1.29 is 14.3 Å². The highest BCUT2D eigenvalue weighted by Crippen LogP contribution is 2.35. The van der Waals surface area contributed by atoms with Gasteiger partial charge in [-0.3, -0.25) is 4.79 Å². The topological polar surface area (TPSA) is 63.7 Å². The fourth-order valence-corrected chi connectivity index (χ4v) is 4.16. The van der Waals surface area contributed by atoms with Crippen LogP contribution in [-0.4, -0.2) is 22.9 Å². The first-order valence-corrected chi connectivity index (χ1v) is 11.1. The van der Waals surface area contributed by atoms with E-state index in [-0.39, 0.29) is 12.1 Å². The van der Waals surface area contributed by atoms with E-state index >= 15 is 0 Å². The molecule has 5 rings (SSSR count). The molecule has 0 saturated carbocycles. The number of pyridine rings is 1. The first kappa shape index (κ1) is 21.5. The third-order valence-corrected chi connectivity index (χ3v) is 5.85. The van der Waals surface area contributed by atoms with E-state index in [1.807, 2.05) is 95.9 Å². The molecule has 1 atom stereocenters. The number of fused-ring (bicyclic) bond motifs is 1. The molecule has 170 valence electrons. The Labute approximate surface area is 198 Å². The van der Waals surface area contributed by atoms with Crippen LogP contribution in [0.2, 0.25) is 0 Å². The molecular weight excluding hydrogens is 426 g/mol. The summed E-state index contributed by atoms with van der Waals surface area (Å²) in [5.74, 6) is 1.25. The van der Waals surface area contributed by atoms with Crippen molar-refractivity contribution in [2.45, 2.75) is 19.3 Å². The van der Waals surface area contributed by atoms with Gasteiger partial charge in [0.2, 0.25) is 5.88 Å². The SMILES string of the molecule is COc1ccc([C@H]2Nc3ccccc3C(=O)N2Cc2ccccc2)cc1COc1ccccn1. The molecule has 0 bridgehead atoms. The number of hydrogen-bond donors (Lipinski definition) is 1. The Morgan fingerprint density at radius 3 is 2.53 bits per heavy atom. The molecule has 0 aliphatic carbocycles. The Balaban J connectivity index is 1.49. The summed E-state index contributed by atoms with van der Waals surface area (Å²) >= 11 is 0. The second kappa shape index (κ2) is 9.67. The van der Waals surface area contributed by atoms with Gasteiger partial charge in [0, 0.05) is 30.1 Å². The van der Waals surface area contributed by atoms with E-state index in [9.17, 15) is 4.79 Å². The molecule has 1 N–H and O–H groups in total. The molecular formula is C28H25N3O3. The highest BCUT2D eigenvalue weighted by Gasteiger charge is 2.33. The largest absolute Gasteiger partial charge is 0.496 e. The smallest absolute Gasteiger partial charge is 0.258 e. The van der Waals surface area contributed by atoms with E-state index in [4.69, 9.17) is 9.47 Å². The first-order valence-electron chi connectivity index (χ1n) is 11.1. The maximum absolute atomic E-state index is 13.6. The zero-order valence-electron chi connectivity index (χ0n) is 18.8. The predicted molar refractivity (Wildman–Crippen MR) is 131 cm³/mol. The van der Waals surface area contributed by atoms with Crippen molar-refractivity contribution in [2.75, 3.05) is 12.4 Å². The number of ether oxygens (including phenoxy) is 2. The number of aromatic nitrogens is 1. The number of anilines is 1.